The first-order chi connectivity index (χ1) is 12.7. The summed E-state index contributed by atoms with van der Waals surface area (Å²) in [6.07, 6.45) is 5.06. The van der Waals surface area contributed by atoms with Gasteiger partial charge in [-0.3, -0.25) is 4.98 Å². The summed E-state index contributed by atoms with van der Waals surface area (Å²) in [6, 6.07) is 10.7. The van der Waals surface area contributed by atoms with Crippen molar-refractivity contribution in [1.29, 1.82) is 0 Å². The van der Waals surface area contributed by atoms with Crippen LogP contribution in [0.5, 0.6) is 0 Å². The predicted molar refractivity (Wildman–Crippen MR) is 97.1 cm³/mol. The van der Waals surface area contributed by atoms with Crippen molar-refractivity contribution in [3.05, 3.63) is 66.1 Å². The lowest BCUT2D eigenvalue weighted by Crippen LogP contribution is -2.06. The Morgan fingerprint density at radius 2 is 2.00 bits per heavy atom. The lowest BCUT2D eigenvalue weighted by molar-refractivity contribution is 0.0526. The number of nitrogens with one attached hydrogen (secondary N) is 2. The molecule has 0 fully saturated rings. The second kappa shape index (κ2) is 8.52. The second-order valence-electron chi connectivity index (χ2n) is 5.30. The fraction of sp³-hybridized carbons (Fsp3) is 0.167. The number of benzene rings is 1. The third-order valence-electron chi connectivity index (χ3n) is 3.41. The lowest BCUT2D eigenvalue weighted by atomic mass is 10.2. The standard InChI is InChI=1S/C18H18N6O2/c1-2-26-17(25)14-5-7-15(8-6-14)22-18-23-16(12-21-24-18)20-11-13-4-3-9-19-10-13/h3-10,12H,2,11H2,1H3,(H2,20,22,23,24). The molecule has 8 nitrogen and oxygen atoms in total. The zero-order valence-electron chi connectivity index (χ0n) is 14.2. The van der Waals surface area contributed by atoms with Crippen molar-refractivity contribution in [2.45, 2.75) is 13.5 Å². The largest absolute Gasteiger partial charge is 0.462 e. The van der Waals surface area contributed by atoms with E-state index in [1.807, 2.05) is 12.1 Å². The molecule has 3 rings (SSSR count). The van der Waals surface area contributed by atoms with Gasteiger partial charge in [0.1, 0.15) is 0 Å². The maximum atomic E-state index is 11.7. The van der Waals surface area contributed by atoms with E-state index < -0.39 is 0 Å². The molecule has 0 spiro atoms. The molecule has 1 aromatic carbocycles. The van der Waals surface area contributed by atoms with Gasteiger partial charge in [-0.15, -0.1) is 5.10 Å². The highest BCUT2D eigenvalue weighted by molar-refractivity contribution is 5.89. The van der Waals surface area contributed by atoms with Crippen molar-refractivity contribution in [2.24, 2.45) is 0 Å². The molecule has 3 aromatic rings. The normalized spacial score (nSPS) is 10.2. The molecule has 0 saturated carbocycles. The van der Waals surface area contributed by atoms with E-state index >= 15 is 0 Å². The SMILES string of the molecule is CCOC(=O)c1ccc(Nc2nncc(NCc3cccnc3)n2)cc1. The molecule has 0 radical (unpaired) electrons. The monoisotopic (exact) mass is 350 g/mol. The molecule has 0 unspecified atom stereocenters. The maximum Gasteiger partial charge on any atom is 0.338 e. The van der Waals surface area contributed by atoms with Crippen molar-refractivity contribution in [2.75, 3.05) is 17.2 Å². The molecule has 0 amide bonds. The topological polar surface area (TPSA) is 102 Å². The van der Waals surface area contributed by atoms with Crippen molar-refractivity contribution in [3.63, 3.8) is 0 Å². The number of hydrogen-bond donors (Lipinski definition) is 2. The van der Waals surface area contributed by atoms with Gasteiger partial charge >= 0.3 is 5.97 Å². The Bertz CT molecular complexity index is 855. The number of ether oxygens (including phenoxy) is 1. The minimum Gasteiger partial charge on any atom is -0.462 e. The molecule has 2 N–H and O–H groups in total. The van der Waals surface area contributed by atoms with Crippen LogP contribution >= 0.6 is 0 Å². The molecule has 0 atom stereocenters. The van der Waals surface area contributed by atoms with Crippen molar-refractivity contribution < 1.29 is 9.53 Å². The number of carbonyl (C=O) groups excluding carboxylic acids is 1. The summed E-state index contributed by atoms with van der Waals surface area (Å²) < 4.78 is 4.96. The van der Waals surface area contributed by atoms with Gasteiger partial charge in [-0.05, 0) is 42.8 Å². The molecule has 26 heavy (non-hydrogen) atoms. The maximum absolute atomic E-state index is 11.7. The molecule has 8 heteroatoms. The van der Waals surface area contributed by atoms with Gasteiger partial charge in [0.25, 0.3) is 0 Å². The van der Waals surface area contributed by atoms with E-state index in [0.29, 0.717) is 30.5 Å². The summed E-state index contributed by atoms with van der Waals surface area (Å²) in [7, 11) is 0. The van der Waals surface area contributed by atoms with E-state index in [1.54, 1.807) is 49.8 Å². The van der Waals surface area contributed by atoms with Gasteiger partial charge in [-0.2, -0.15) is 10.1 Å². The Morgan fingerprint density at radius 3 is 2.73 bits per heavy atom. The summed E-state index contributed by atoms with van der Waals surface area (Å²) in [6.45, 7) is 2.70. The number of esters is 1. The first-order valence-corrected chi connectivity index (χ1v) is 8.11. The van der Waals surface area contributed by atoms with Gasteiger partial charge < -0.3 is 15.4 Å². The third kappa shape index (κ3) is 4.73. The number of carbonyl (C=O) groups is 1. The Hall–Kier alpha value is -3.55. The molecule has 0 aliphatic carbocycles. The van der Waals surface area contributed by atoms with Gasteiger partial charge in [0.2, 0.25) is 5.95 Å². The van der Waals surface area contributed by atoms with Crippen LogP contribution in [0.3, 0.4) is 0 Å². The zero-order valence-corrected chi connectivity index (χ0v) is 14.2. The number of aromatic nitrogens is 4. The zero-order chi connectivity index (χ0) is 18.2. The Labute approximate surface area is 150 Å². The van der Waals surface area contributed by atoms with E-state index in [9.17, 15) is 4.79 Å². The summed E-state index contributed by atoms with van der Waals surface area (Å²) in [5.74, 6) is 0.595. The number of pyridine rings is 1. The van der Waals surface area contributed by atoms with Crippen LogP contribution < -0.4 is 10.6 Å². The summed E-state index contributed by atoms with van der Waals surface area (Å²) >= 11 is 0. The highest BCUT2D eigenvalue weighted by atomic mass is 16.5. The van der Waals surface area contributed by atoms with Crippen LogP contribution in [-0.2, 0) is 11.3 Å². The lowest BCUT2D eigenvalue weighted by Gasteiger charge is -2.08. The summed E-state index contributed by atoms with van der Waals surface area (Å²) in [5.41, 5.74) is 2.27. The van der Waals surface area contributed by atoms with Gasteiger partial charge in [0.05, 0.1) is 18.4 Å². The Kier molecular flexibility index (Phi) is 5.66. The highest BCUT2D eigenvalue weighted by Crippen LogP contribution is 2.15. The minimum atomic E-state index is -0.349. The first kappa shape index (κ1) is 17.3. The Morgan fingerprint density at radius 1 is 1.15 bits per heavy atom. The van der Waals surface area contributed by atoms with Crippen LogP contribution in [0.1, 0.15) is 22.8 Å². The quantitative estimate of drug-likeness (QED) is 0.627. The van der Waals surface area contributed by atoms with E-state index in [0.717, 1.165) is 11.3 Å². The molecule has 0 saturated heterocycles. The number of hydrogen-bond acceptors (Lipinski definition) is 8. The average molecular weight is 350 g/mol. The van der Waals surface area contributed by atoms with Crippen LogP contribution in [0.15, 0.2) is 55.0 Å². The predicted octanol–water partition coefficient (Wildman–Crippen LogP) is 2.80. The van der Waals surface area contributed by atoms with Crippen LogP contribution in [0.4, 0.5) is 17.5 Å². The molecule has 0 bridgehead atoms. The molecule has 0 aliphatic heterocycles. The van der Waals surface area contributed by atoms with Crippen LogP contribution in [0.25, 0.3) is 0 Å². The van der Waals surface area contributed by atoms with Crippen molar-refractivity contribution >= 4 is 23.4 Å². The highest BCUT2D eigenvalue weighted by Gasteiger charge is 2.06. The molecular formula is C18H18N6O2. The minimum absolute atomic E-state index is 0.344. The smallest absolute Gasteiger partial charge is 0.338 e. The molecular weight excluding hydrogens is 332 g/mol. The molecule has 0 aliphatic rings. The molecule has 2 heterocycles. The van der Waals surface area contributed by atoms with E-state index in [2.05, 4.69) is 30.8 Å². The third-order valence-corrected chi connectivity index (χ3v) is 3.41. The Balaban J connectivity index is 1.62. The number of anilines is 3. The fourth-order valence-corrected chi connectivity index (χ4v) is 2.17. The van der Waals surface area contributed by atoms with Crippen LogP contribution in [-0.4, -0.2) is 32.7 Å². The van der Waals surface area contributed by atoms with Crippen LogP contribution in [0, 0.1) is 0 Å². The summed E-state index contributed by atoms with van der Waals surface area (Å²) in [5, 5.41) is 14.1. The average Bonchev–Trinajstić information content (AvgIpc) is 2.68. The van der Waals surface area contributed by atoms with Gasteiger partial charge in [-0.1, -0.05) is 6.07 Å². The number of rotatable bonds is 7. The first-order valence-electron chi connectivity index (χ1n) is 8.11. The van der Waals surface area contributed by atoms with Crippen molar-refractivity contribution in [1.82, 2.24) is 20.2 Å². The van der Waals surface area contributed by atoms with E-state index in [-0.39, 0.29) is 5.97 Å². The van der Waals surface area contributed by atoms with Gasteiger partial charge in [0, 0.05) is 24.6 Å². The molecule has 132 valence electrons. The van der Waals surface area contributed by atoms with Gasteiger partial charge in [0.15, 0.2) is 5.82 Å². The van der Waals surface area contributed by atoms with E-state index in [1.165, 1.54) is 0 Å². The van der Waals surface area contributed by atoms with Crippen molar-refractivity contribution in [3.8, 4) is 0 Å². The van der Waals surface area contributed by atoms with Crippen LogP contribution in [0.2, 0.25) is 0 Å². The van der Waals surface area contributed by atoms with Gasteiger partial charge in [-0.25, -0.2) is 4.79 Å². The fourth-order valence-electron chi connectivity index (χ4n) is 2.17. The second-order valence-corrected chi connectivity index (χ2v) is 5.30. The number of nitrogens with zero attached hydrogens (tertiary/aromatic N) is 4. The van der Waals surface area contributed by atoms with E-state index in [4.69, 9.17) is 4.74 Å². The summed E-state index contributed by atoms with van der Waals surface area (Å²) in [4.78, 5) is 20.1. The molecule has 2 aromatic heterocycles.